The van der Waals surface area contributed by atoms with Crippen LogP contribution in [0.5, 0.6) is 0 Å². The van der Waals surface area contributed by atoms with Crippen LogP contribution < -0.4 is 22.3 Å². The molecule has 4 aromatic rings. The van der Waals surface area contributed by atoms with Crippen LogP contribution >= 0.6 is 11.6 Å². The normalized spacial score (nSPS) is 11.8. The van der Waals surface area contributed by atoms with E-state index in [1.807, 2.05) is 32.0 Å². The topological polar surface area (TPSA) is 117 Å². The largest absolute Gasteiger partial charge is 0.359 e. The highest BCUT2D eigenvalue weighted by atomic mass is 35.5. The predicted molar refractivity (Wildman–Crippen MR) is 132 cm³/mol. The molecule has 0 aliphatic rings. The van der Waals surface area contributed by atoms with E-state index in [-0.39, 0.29) is 31.0 Å². The first-order chi connectivity index (χ1) is 16.3. The van der Waals surface area contributed by atoms with Crippen LogP contribution in [0.3, 0.4) is 0 Å². The van der Waals surface area contributed by atoms with Crippen LogP contribution in [-0.4, -0.2) is 32.1 Å². The van der Waals surface area contributed by atoms with E-state index >= 15 is 0 Å². The first-order valence-corrected chi connectivity index (χ1v) is 11.2. The smallest absolute Gasteiger partial charge is 0.335 e. The molecule has 3 N–H and O–H groups in total. The molecule has 0 atom stereocenters. The maximum atomic E-state index is 13.3. The van der Waals surface area contributed by atoms with Gasteiger partial charge in [0.2, 0.25) is 11.5 Å². The molecule has 10 heteroatoms. The van der Waals surface area contributed by atoms with Gasteiger partial charge in [0, 0.05) is 41.6 Å². The summed E-state index contributed by atoms with van der Waals surface area (Å²) in [5, 5.41) is 4.09. The van der Waals surface area contributed by atoms with Crippen molar-refractivity contribution in [3.63, 3.8) is 0 Å². The van der Waals surface area contributed by atoms with Gasteiger partial charge in [-0.2, -0.15) is 0 Å². The third-order valence-electron chi connectivity index (χ3n) is 5.80. The van der Waals surface area contributed by atoms with Gasteiger partial charge in [-0.1, -0.05) is 23.7 Å². The first-order valence-electron chi connectivity index (χ1n) is 10.8. The van der Waals surface area contributed by atoms with Gasteiger partial charge in [-0.15, -0.1) is 0 Å². The molecular formula is C24H25ClN6O3. The summed E-state index contributed by atoms with van der Waals surface area (Å²) in [6.07, 6.45) is -0.000292. The van der Waals surface area contributed by atoms with Gasteiger partial charge in [0.15, 0.2) is 0 Å². The molecule has 1 amide bonds. The highest BCUT2D eigenvalue weighted by Crippen LogP contribution is 2.25. The number of aromatic nitrogens is 4. The molecule has 0 aliphatic heterocycles. The Bertz CT molecular complexity index is 1560. The Morgan fingerprint density at radius 1 is 1.06 bits per heavy atom. The minimum atomic E-state index is -0.630. The van der Waals surface area contributed by atoms with Crippen LogP contribution in [0.25, 0.3) is 10.9 Å². The Morgan fingerprint density at radius 3 is 2.50 bits per heavy atom. The fourth-order valence-electron chi connectivity index (χ4n) is 3.73. The van der Waals surface area contributed by atoms with Crippen molar-refractivity contribution in [1.29, 1.82) is 0 Å². The van der Waals surface area contributed by atoms with Crippen molar-refractivity contribution in [2.45, 2.75) is 33.4 Å². The molecule has 9 nitrogen and oxygen atoms in total. The van der Waals surface area contributed by atoms with Gasteiger partial charge in [0.1, 0.15) is 0 Å². The highest BCUT2D eigenvalue weighted by Gasteiger charge is 2.12. The zero-order valence-electron chi connectivity index (χ0n) is 19.1. The first kappa shape index (κ1) is 23.3. The molecular weight excluding hydrogens is 456 g/mol. The van der Waals surface area contributed by atoms with Gasteiger partial charge >= 0.3 is 11.4 Å². The lowest BCUT2D eigenvalue weighted by atomic mass is 10.1. The number of aryl methyl sites for hydroxylation is 2. The van der Waals surface area contributed by atoms with Crippen molar-refractivity contribution in [2.24, 2.45) is 4.99 Å². The molecule has 2 heterocycles. The maximum Gasteiger partial charge on any atom is 0.335 e. The highest BCUT2D eigenvalue weighted by molar-refractivity contribution is 6.30. The molecule has 0 saturated carbocycles. The standard InChI is InChI=1S/C24H25ClN6O3/c1-14-15(2)27-20-9-8-18(12-19(14)20)28-22-29-23(33)30(11-10-21(32)26-3)24(34)31(22)13-16-4-6-17(25)7-5-16/h4-9,12,27H,10-11,13H2,1-3H3,(H,26,32)(H,28,29,33). The van der Waals surface area contributed by atoms with Gasteiger partial charge in [-0.05, 0) is 55.3 Å². The number of nitrogens with zero attached hydrogens (tertiary/aromatic N) is 3. The molecule has 2 aromatic heterocycles. The number of benzene rings is 2. The lowest BCUT2D eigenvalue weighted by Gasteiger charge is -2.11. The number of halogens is 1. The molecule has 176 valence electrons. The molecule has 0 aliphatic carbocycles. The van der Waals surface area contributed by atoms with Crippen molar-refractivity contribution >= 4 is 34.1 Å². The molecule has 0 fully saturated rings. The second-order valence-electron chi connectivity index (χ2n) is 8.04. The van der Waals surface area contributed by atoms with Gasteiger partial charge in [0.05, 0.1) is 12.2 Å². The molecule has 2 aromatic carbocycles. The SMILES string of the molecule is CNC(=O)CCn1c(=O)[nH]/c(=N\c2ccc3[nH]c(C)c(C)c3c2)n(Cc2ccc(Cl)cc2)c1=O. The molecule has 4 rings (SSSR count). The summed E-state index contributed by atoms with van der Waals surface area (Å²) in [6, 6.07) is 12.7. The zero-order chi connectivity index (χ0) is 24.4. The van der Waals surface area contributed by atoms with E-state index < -0.39 is 11.4 Å². The molecule has 0 bridgehead atoms. The molecule has 0 spiro atoms. The van der Waals surface area contributed by atoms with Crippen LogP contribution in [0, 0.1) is 13.8 Å². The summed E-state index contributed by atoms with van der Waals surface area (Å²) in [7, 11) is 1.50. The number of aromatic amines is 2. The van der Waals surface area contributed by atoms with E-state index in [2.05, 4.69) is 20.3 Å². The number of fused-ring (bicyclic) bond motifs is 1. The Hall–Kier alpha value is -3.85. The van der Waals surface area contributed by atoms with Gasteiger partial charge < -0.3 is 10.3 Å². The van der Waals surface area contributed by atoms with E-state index in [9.17, 15) is 14.4 Å². The lowest BCUT2D eigenvalue weighted by molar-refractivity contribution is -0.120. The zero-order valence-corrected chi connectivity index (χ0v) is 19.9. The minimum Gasteiger partial charge on any atom is -0.359 e. The summed E-state index contributed by atoms with van der Waals surface area (Å²) in [4.78, 5) is 48.4. The van der Waals surface area contributed by atoms with Crippen molar-refractivity contribution in [3.05, 3.63) is 90.9 Å². The van der Waals surface area contributed by atoms with Crippen molar-refractivity contribution < 1.29 is 4.79 Å². The van der Waals surface area contributed by atoms with E-state index in [1.165, 1.54) is 11.6 Å². The number of hydrogen-bond donors (Lipinski definition) is 3. The van der Waals surface area contributed by atoms with E-state index in [1.54, 1.807) is 24.3 Å². The lowest BCUT2D eigenvalue weighted by Crippen LogP contribution is -2.50. The van der Waals surface area contributed by atoms with Crippen LogP contribution in [0.4, 0.5) is 5.69 Å². The number of hydrogen-bond acceptors (Lipinski definition) is 4. The summed E-state index contributed by atoms with van der Waals surface area (Å²) in [5.74, 6) is -0.269. The van der Waals surface area contributed by atoms with Crippen molar-refractivity contribution in [2.75, 3.05) is 7.05 Å². The van der Waals surface area contributed by atoms with Crippen LogP contribution in [0.2, 0.25) is 5.02 Å². The minimum absolute atomic E-state index is 0.000292. The molecule has 0 unspecified atom stereocenters. The second-order valence-corrected chi connectivity index (χ2v) is 8.48. The fourth-order valence-corrected chi connectivity index (χ4v) is 3.86. The maximum absolute atomic E-state index is 13.3. The molecule has 0 saturated heterocycles. The second kappa shape index (κ2) is 9.56. The molecule has 0 radical (unpaired) electrons. The van der Waals surface area contributed by atoms with E-state index in [0.29, 0.717) is 10.7 Å². The monoisotopic (exact) mass is 480 g/mol. The van der Waals surface area contributed by atoms with Crippen LogP contribution in [0.15, 0.2) is 57.0 Å². The average molecular weight is 481 g/mol. The summed E-state index contributed by atoms with van der Waals surface area (Å²) < 4.78 is 2.39. The Kier molecular flexibility index (Phi) is 6.56. The summed E-state index contributed by atoms with van der Waals surface area (Å²) >= 11 is 6.00. The van der Waals surface area contributed by atoms with Gasteiger partial charge in [-0.25, -0.2) is 19.1 Å². The predicted octanol–water partition coefficient (Wildman–Crippen LogP) is 2.51. The van der Waals surface area contributed by atoms with Gasteiger partial charge in [0.25, 0.3) is 0 Å². The third kappa shape index (κ3) is 4.74. The Balaban J connectivity index is 1.87. The van der Waals surface area contributed by atoms with Crippen LogP contribution in [-0.2, 0) is 17.9 Å². The number of amides is 1. The quantitative estimate of drug-likeness (QED) is 0.393. The number of carbonyl (C=O) groups is 1. The Labute approximate surface area is 199 Å². The third-order valence-corrected chi connectivity index (χ3v) is 6.06. The number of nitrogens with one attached hydrogen (secondary N) is 3. The average Bonchev–Trinajstić information content (AvgIpc) is 3.10. The van der Waals surface area contributed by atoms with Crippen molar-refractivity contribution in [1.82, 2.24) is 24.4 Å². The van der Waals surface area contributed by atoms with Gasteiger partial charge in [-0.3, -0.25) is 14.3 Å². The fraction of sp³-hybridized carbons (Fsp3) is 0.250. The summed E-state index contributed by atoms with van der Waals surface area (Å²) in [6.45, 7) is 4.13. The summed E-state index contributed by atoms with van der Waals surface area (Å²) in [5.41, 5.74) is 3.49. The van der Waals surface area contributed by atoms with E-state index in [4.69, 9.17) is 11.6 Å². The van der Waals surface area contributed by atoms with Crippen LogP contribution in [0.1, 0.15) is 23.2 Å². The number of H-pyrrole nitrogens is 2. The Morgan fingerprint density at radius 2 is 1.79 bits per heavy atom. The molecule has 34 heavy (non-hydrogen) atoms. The van der Waals surface area contributed by atoms with Crippen molar-refractivity contribution in [3.8, 4) is 0 Å². The van der Waals surface area contributed by atoms with E-state index in [0.717, 1.165) is 32.3 Å². The number of carbonyl (C=O) groups excluding carboxylic acids is 1. The number of rotatable bonds is 6.